The summed E-state index contributed by atoms with van der Waals surface area (Å²) in [6.45, 7) is 1.56. The monoisotopic (exact) mass is 251 g/mol. The van der Waals surface area contributed by atoms with Gasteiger partial charge in [0.15, 0.2) is 0 Å². The van der Waals surface area contributed by atoms with E-state index >= 15 is 0 Å². The van der Waals surface area contributed by atoms with Crippen LogP contribution in [0.5, 0.6) is 5.75 Å². The fourth-order valence-electron chi connectivity index (χ4n) is 1.92. The Hall–Kier alpha value is -1.13. The molecular weight excluding hydrogens is 234 g/mol. The molecule has 0 aliphatic carbocycles. The Labute approximate surface area is 107 Å². The van der Waals surface area contributed by atoms with Crippen LogP contribution in [0.1, 0.15) is 24.8 Å². The third kappa shape index (κ3) is 3.68. The molecule has 1 aromatic rings. The lowest BCUT2D eigenvalue weighted by molar-refractivity contribution is 0.0903. The molecule has 0 amide bonds. The van der Waals surface area contributed by atoms with E-state index in [0.717, 1.165) is 30.8 Å². The van der Waals surface area contributed by atoms with Gasteiger partial charge in [0, 0.05) is 18.6 Å². The Kier molecular flexibility index (Phi) is 4.34. The van der Waals surface area contributed by atoms with Crippen LogP contribution in [0, 0.1) is 0 Å². The first-order chi connectivity index (χ1) is 8.25. The normalized spacial score (nSPS) is 19.2. The molecule has 3 nitrogen and oxygen atoms in total. The first kappa shape index (κ1) is 12.3. The molecule has 0 radical (unpaired) electrons. The Bertz CT molecular complexity index is 389. The van der Waals surface area contributed by atoms with Gasteiger partial charge in [0.2, 0.25) is 0 Å². The van der Waals surface area contributed by atoms with Crippen molar-refractivity contribution in [3.05, 3.63) is 29.8 Å². The summed E-state index contributed by atoms with van der Waals surface area (Å²) in [6, 6.07) is 7.57. The van der Waals surface area contributed by atoms with Gasteiger partial charge >= 0.3 is 0 Å². The van der Waals surface area contributed by atoms with Crippen molar-refractivity contribution in [1.82, 2.24) is 0 Å². The summed E-state index contributed by atoms with van der Waals surface area (Å²) >= 11 is 4.92. The number of nitrogens with two attached hydrogens (primary N) is 1. The zero-order valence-electron chi connectivity index (χ0n) is 9.72. The Morgan fingerprint density at radius 1 is 1.53 bits per heavy atom. The van der Waals surface area contributed by atoms with Gasteiger partial charge in [-0.1, -0.05) is 24.4 Å². The minimum atomic E-state index is 0.369. The first-order valence-corrected chi connectivity index (χ1v) is 6.31. The van der Waals surface area contributed by atoms with E-state index < -0.39 is 0 Å². The van der Waals surface area contributed by atoms with Gasteiger partial charge < -0.3 is 15.2 Å². The van der Waals surface area contributed by atoms with Gasteiger partial charge in [-0.15, -0.1) is 0 Å². The highest BCUT2D eigenvalue weighted by Crippen LogP contribution is 2.17. The Balaban J connectivity index is 1.81. The molecule has 4 heteroatoms. The molecule has 1 aliphatic rings. The number of hydrogen-bond donors (Lipinski definition) is 1. The van der Waals surface area contributed by atoms with Gasteiger partial charge in [0.05, 0.1) is 12.7 Å². The van der Waals surface area contributed by atoms with Crippen LogP contribution < -0.4 is 10.5 Å². The van der Waals surface area contributed by atoms with Crippen molar-refractivity contribution in [2.45, 2.75) is 25.4 Å². The molecular formula is C13H17NO2S. The zero-order valence-corrected chi connectivity index (χ0v) is 10.5. The molecule has 1 heterocycles. The molecule has 17 heavy (non-hydrogen) atoms. The van der Waals surface area contributed by atoms with Gasteiger partial charge in [0.25, 0.3) is 0 Å². The van der Waals surface area contributed by atoms with Crippen molar-refractivity contribution in [3.63, 3.8) is 0 Å². The van der Waals surface area contributed by atoms with Crippen molar-refractivity contribution in [3.8, 4) is 5.75 Å². The van der Waals surface area contributed by atoms with Gasteiger partial charge in [0.1, 0.15) is 10.7 Å². The molecule has 1 saturated heterocycles. The fraction of sp³-hybridized carbons (Fsp3) is 0.462. The summed E-state index contributed by atoms with van der Waals surface area (Å²) in [5.41, 5.74) is 6.41. The molecule has 1 unspecified atom stereocenters. The van der Waals surface area contributed by atoms with E-state index in [9.17, 15) is 0 Å². The predicted octanol–water partition coefficient (Wildman–Crippen LogP) is 2.27. The molecule has 92 valence electrons. The molecule has 0 saturated carbocycles. The lowest BCUT2D eigenvalue weighted by Gasteiger charge is -2.11. The maximum absolute atomic E-state index is 5.66. The lowest BCUT2D eigenvalue weighted by atomic mass is 10.2. The highest BCUT2D eigenvalue weighted by molar-refractivity contribution is 7.80. The molecule has 0 spiro atoms. The van der Waals surface area contributed by atoms with Crippen LogP contribution in [0.3, 0.4) is 0 Å². The molecule has 1 fully saturated rings. The third-order valence-electron chi connectivity index (χ3n) is 2.85. The molecule has 1 atom stereocenters. The van der Waals surface area contributed by atoms with Crippen LogP contribution in [0.4, 0.5) is 0 Å². The number of hydrogen-bond acceptors (Lipinski definition) is 3. The van der Waals surface area contributed by atoms with E-state index in [1.807, 2.05) is 24.3 Å². The van der Waals surface area contributed by atoms with Gasteiger partial charge in [-0.05, 0) is 25.0 Å². The molecule has 0 aromatic heterocycles. The van der Waals surface area contributed by atoms with Crippen molar-refractivity contribution in [2.75, 3.05) is 13.2 Å². The molecule has 0 bridgehead atoms. The van der Waals surface area contributed by atoms with Crippen LogP contribution in [0.2, 0.25) is 0 Å². The largest absolute Gasteiger partial charge is 0.493 e. The second-order valence-electron chi connectivity index (χ2n) is 4.16. The summed E-state index contributed by atoms with van der Waals surface area (Å²) < 4.78 is 11.2. The topological polar surface area (TPSA) is 44.5 Å². The van der Waals surface area contributed by atoms with Crippen molar-refractivity contribution >= 4 is 17.2 Å². The lowest BCUT2D eigenvalue weighted by Crippen LogP contribution is -2.12. The second-order valence-corrected chi connectivity index (χ2v) is 4.60. The standard InChI is InChI=1S/C13H17NO2S/c14-13(17)10-3-1-4-12(9-10)16-8-6-11-5-2-7-15-11/h1,3-4,9,11H,2,5-8H2,(H2,14,17). The fourth-order valence-corrected chi connectivity index (χ4v) is 2.05. The summed E-state index contributed by atoms with van der Waals surface area (Å²) in [4.78, 5) is 0.398. The Morgan fingerprint density at radius 3 is 3.12 bits per heavy atom. The first-order valence-electron chi connectivity index (χ1n) is 5.90. The minimum absolute atomic E-state index is 0.369. The number of ether oxygens (including phenoxy) is 2. The van der Waals surface area contributed by atoms with Crippen molar-refractivity contribution in [1.29, 1.82) is 0 Å². The van der Waals surface area contributed by atoms with Crippen LogP contribution >= 0.6 is 12.2 Å². The van der Waals surface area contributed by atoms with Crippen LogP contribution in [0.25, 0.3) is 0 Å². The maximum Gasteiger partial charge on any atom is 0.119 e. The van der Waals surface area contributed by atoms with E-state index in [4.69, 9.17) is 27.4 Å². The molecule has 2 rings (SSSR count). The van der Waals surface area contributed by atoms with E-state index in [2.05, 4.69) is 0 Å². The highest BCUT2D eigenvalue weighted by Gasteiger charge is 2.14. The van der Waals surface area contributed by atoms with E-state index in [1.165, 1.54) is 6.42 Å². The highest BCUT2D eigenvalue weighted by atomic mass is 32.1. The van der Waals surface area contributed by atoms with Crippen molar-refractivity contribution in [2.24, 2.45) is 5.73 Å². The third-order valence-corrected chi connectivity index (χ3v) is 3.09. The molecule has 1 aliphatic heterocycles. The van der Waals surface area contributed by atoms with E-state index in [0.29, 0.717) is 17.7 Å². The smallest absolute Gasteiger partial charge is 0.119 e. The quantitative estimate of drug-likeness (QED) is 0.815. The van der Waals surface area contributed by atoms with Gasteiger partial charge in [-0.25, -0.2) is 0 Å². The predicted molar refractivity (Wildman–Crippen MR) is 71.4 cm³/mol. The van der Waals surface area contributed by atoms with Gasteiger partial charge in [-0.2, -0.15) is 0 Å². The summed E-state index contributed by atoms with van der Waals surface area (Å²) in [5.74, 6) is 0.813. The molecule has 1 aromatic carbocycles. The molecule has 2 N–H and O–H groups in total. The van der Waals surface area contributed by atoms with Gasteiger partial charge in [-0.3, -0.25) is 0 Å². The average molecular weight is 251 g/mol. The second kappa shape index (κ2) is 5.98. The Morgan fingerprint density at radius 2 is 2.41 bits per heavy atom. The van der Waals surface area contributed by atoms with E-state index in [1.54, 1.807) is 0 Å². The number of thiocarbonyl (C=S) groups is 1. The van der Waals surface area contributed by atoms with Crippen molar-refractivity contribution < 1.29 is 9.47 Å². The maximum atomic E-state index is 5.66. The zero-order chi connectivity index (χ0) is 12.1. The van der Waals surface area contributed by atoms with E-state index in [-0.39, 0.29) is 0 Å². The SMILES string of the molecule is NC(=S)c1cccc(OCCC2CCCO2)c1. The van der Waals surface area contributed by atoms with Crippen LogP contribution in [0.15, 0.2) is 24.3 Å². The summed E-state index contributed by atoms with van der Waals surface area (Å²) in [5, 5.41) is 0. The summed E-state index contributed by atoms with van der Waals surface area (Å²) in [6.07, 6.45) is 3.63. The van der Waals surface area contributed by atoms with Crippen LogP contribution in [-0.2, 0) is 4.74 Å². The van der Waals surface area contributed by atoms with Crippen LogP contribution in [-0.4, -0.2) is 24.3 Å². The summed E-state index contributed by atoms with van der Waals surface area (Å²) in [7, 11) is 0. The number of benzene rings is 1. The number of rotatable bonds is 5. The average Bonchev–Trinajstić information content (AvgIpc) is 2.82. The minimum Gasteiger partial charge on any atom is -0.493 e.